The van der Waals surface area contributed by atoms with Crippen LogP contribution < -0.4 is 0 Å². The molecular weight excluding hydrogens is 420 g/mol. The highest BCUT2D eigenvalue weighted by Gasteiger charge is 2.77. The van der Waals surface area contributed by atoms with Crippen molar-refractivity contribution in [1.29, 1.82) is 0 Å². The molecule has 1 fully saturated rings. The van der Waals surface area contributed by atoms with Crippen molar-refractivity contribution < 1.29 is 14.3 Å². The lowest BCUT2D eigenvalue weighted by molar-refractivity contribution is 0.0847. The average Bonchev–Trinajstić information content (AvgIpc) is 3.43. The molecule has 0 aromatic heterocycles. The molecule has 3 nitrogen and oxygen atoms in total. The van der Waals surface area contributed by atoms with Gasteiger partial charge in [-0.15, -0.1) is 0 Å². The van der Waals surface area contributed by atoms with Gasteiger partial charge in [0, 0.05) is 17.5 Å². The summed E-state index contributed by atoms with van der Waals surface area (Å²) in [6.07, 6.45) is 15.9. The SMILES string of the molecule is CC(C)=CCC/C(C)=C/CC/C(C)=C/CC/C(C)=C/C[C@@]12O[C@]1(C)C(=O)c1ccccc1C2=O. The Kier molecular flexibility index (Phi) is 8.30. The van der Waals surface area contributed by atoms with Gasteiger partial charge in [-0.25, -0.2) is 0 Å². The van der Waals surface area contributed by atoms with Crippen LogP contribution in [-0.2, 0) is 4.74 Å². The van der Waals surface area contributed by atoms with Crippen LogP contribution in [0.15, 0.2) is 70.9 Å². The van der Waals surface area contributed by atoms with Crippen LogP contribution in [0.5, 0.6) is 0 Å². The van der Waals surface area contributed by atoms with E-state index in [4.69, 9.17) is 4.74 Å². The highest BCUT2D eigenvalue weighted by molar-refractivity contribution is 6.25. The summed E-state index contributed by atoms with van der Waals surface area (Å²) in [5.74, 6) is -0.136. The van der Waals surface area contributed by atoms with E-state index in [0.29, 0.717) is 17.5 Å². The van der Waals surface area contributed by atoms with E-state index >= 15 is 0 Å². The van der Waals surface area contributed by atoms with Gasteiger partial charge in [0.25, 0.3) is 0 Å². The number of Topliss-reactive ketones (excluding diaryl/α,β-unsaturated/α-hetero) is 2. The van der Waals surface area contributed by atoms with Crippen LogP contribution in [0.2, 0.25) is 0 Å². The zero-order chi connectivity index (χ0) is 24.9. The van der Waals surface area contributed by atoms with Crippen LogP contribution in [0.1, 0.15) is 107 Å². The summed E-state index contributed by atoms with van der Waals surface area (Å²) in [4.78, 5) is 26.1. The summed E-state index contributed by atoms with van der Waals surface area (Å²) in [6, 6.07) is 7.07. The van der Waals surface area contributed by atoms with Crippen molar-refractivity contribution >= 4 is 11.6 Å². The summed E-state index contributed by atoms with van der Waals surface area (Å²) >= 11 is 0. The molecule has 182 valence electrons. The molecule has 0 N–H and O–H groups in total. The molecule has 1 aromatic carbocycles. The smallest absolute Gasteiger partial charge is 0.199 e. The molecule has 3 heteroatoms. The van der Waals surface area contributed by atoms with Crippen LogP contribution in [0.3, 0.4) is 0 Å². The summed E-state index contributed by atoms with van der Waals surface area (Å²) in [7, 11) is 0. The third-order valence-electron chi connectivity index (χ3n) is 7.22. The van der Waals surface area contributed by atoms with Gasteiger partial charge in [0.2, 0.25) is 0 Å². The molecule has 2 aliphatic rings. The van der Waals surface area contributed by atoms with Gasteiger partial charge < -0.3 is 4.74 Å². The predicted molar refractivity (Wildman–Crippen MR) is 140 cm³/mol. The van der Waals surface area contributed by atoms with Gasteiger partial charge in [0.05, 0.1) is 0 Å². The molecule has 1 aliphatic carbocycles. The quantitative estimate of drug-likeness (QED) is 0.247. The highest BCUT2D eigenvalue weighted by atomic mass is 16.6. The lowest BCUT2D eigenvalue weighted by Crippen LogP contribution is -2.43. The Balaban J connectivity index is 1.48. The number of ketones is 2. The van der Waals surface area contributed by atoms with Crippen molar-refractivity contribution in [2.24, 2.45) is 0 Å². The van der Waals surface area contributed by atoms with Gasteiger partial charge in [-0.3, -0.25) is 9.59 Å². The Labute approximate surface area is 205 Å². The summed E-state index contributed by atoms with van der Waals surface area (Å²) in [5.41, 5.74) is 4.43. The van der Waals surface area contributed by atoms with E-state index in [1.165, 1.54) is 22.3 Å². The van der Waals surface area contributed by atoms with E-state index < -0.39 is 11.2 Å². The van der Waals surface area contributed by atoms with E-state index in [1.807, 2.05) is 0 Å². The lowest BCUT2D eigenvalue weighted by atomic mass is 9.73. The Morgan fingerprint density at radius 3 is 1.74 bits per heavy atom. The molecule has 0 unspecified atom stereocenters. The van der Waals surface area contributed by atoms with Crippen molar-refractivity contribution in [2.75, 3.05) is 0 Å². The minimum Gasteiger partial charge on any atom is -0.345 e. The topological polar surface area (TPSA) is 46.7 Å². The number of fused-ring (bicyclic) bond motifs is 2. The number of carbonyl (C=O) groups is 2. The minimum absolute atomic E-state index is 0.0609. The van der Waals surface area contributed by atoms with Crippen LogP contribution >= 0.6 is 0 Å². The van der Waals surface area contributed by atoms with Gasteiger partial charge in [-0.2, -0.15) is 0 Å². The molecule has 1 aliphatic heterocycles. The van der Waals surface area contributed by atoms with Gasteiger partial charge >= 0.3 is 0 Å². The maximum absolute atomic E-state index is 13.2. The number of ether oxygens (including phenoxy) is 1. The second kappa shape index (κ2) is 10.8. The molecule has 1 heterocycles. The first-order valence-electron chi connectivity index (χ1n) is 12.6. The van der Waals surface area contributed by atoms with E-state index in [-0.39, 0.29) is 11.6 Å². The minimum atomic E-state index is -1.03. The Morgan fingerprint density at radius 1 is 0.735 bits per heavy atom. The number of rotatable bonds is 11. The van der Waals surface area contributed by atoms with E-state index in [2.05, 4.69) is 58.9 Å². The zero-order valence-electron chi connectivity index (χ0n) is 21.8. The summed E-state index contributed by atoms with van der Waals surface area (Å²) in [6.45, 7) is 12.6. The molecule has 0 saturated carbocycles. The predicted octanol–water partition coefficient (Wildman–Crippen LogP) is 8.13. The second-order valence-electron chi connectivity index (χ2n) is 10.4. The van der Waals surface area contributed by atoms with Gasteiger partial charge in [-0.1, -0.05) is 70.9 Å². The largest absolute Gasteiger partial charge is 0.345 e. The fourth-order valence-electron chi connectivity index (χ4n) is 4.80. The standard InChI is InChI=1S/C31H40O3/c1-22(2)12-9-13-23(3)14-10-15-24(4)16-11-17-25(5)20-21-31-29(33)27-19-8-7-18-26(27)28(32)30(31,6)34-31/h7-8,12,14,16,18-20H,9-11,13,15,17,21H2,1-6H3/b23-14+,24-16+,25-20+/t30-,31+/m1/s1. The summed E-state index contributed by atoms with van der Waals surface area (Å²) < 4.78 is 5.89. The monoisotopic (exact) mass is 460 g/mol. The number of carbonyl (C=O) groups excluding carboxylic acids is 2. The molecular formula is C31H40O3. The number of hydrogen-bond donors (Lipinski definition) is 0. The first kappa shape index (κ1) is 26.1. The first-order valence-corrected chi connectivity index (χ1v) is 12.6. The van der Waals surface area contributed by atoms with Crippen molar-refractivity contribution in [3.05, 3.63) is 82.0 Å². The average molecular weight is 461 g/mol. The Morgan fingerprint density at radius 2 is 1.21 bits per heavy atom. The number of benzene rings is 1. The number of epoxide rings is 1. The van der Waals surface area contributed by atoms with Crippen LogP contribution in [-0.4, -0.2) is 22.8 Å². The molecule has 0 spiro atoms. The number of hydrogen-bond acceptors (Lipinski definition) is 3. The van der Waals surface area contributed by atoms with Crippen LogP contribution in [0.25, 0.3) is 0 Å². The Hall–Kier alpha value is -2.52. The van der Waals surface area contributed by atoms with Crippen molar-refractivity contribution in [2.45, 2.75) is 97.7 Å². The molecule has 0 bridgehead atoms. The fourth-order valence-corrected chi connectivity index (χ4v) is 4.80. The first-order chi connectivity index (χ1) is 16.1. The van der Waals surface area contributed by atoms with E-state index in [1.54, 1.807) is 31.2 Å². The molecule has 1 saturated heterocycles. The normalized spacial score (nSPS) is 24.6. The molecule has 0 radical (unpaired) electrons. The highest BCUT2D eigenvalue weighted by Crippen LogP contribution is 2.57. The zero-order valence-corrected chi connectivity index (χ0v) is 21.8. The number of allylic oxidation sites excluding steroid dienone is 7. The fraction of sp³-hybridized carbons (Fsp3) is 0.484. The second-order valence-corrected chi connectivity index (χ2v) is 10.4. The van der Waals surface area contributed by atoms with Crippen molar-refractivity contribution in [3.63, 3.8) is 0 Å². The lowest BCUT2D eigenvalue weighted by Gasteiger charge is -2.22. The molecule has 2 atom stereocenters. The Bertz CT molecular complexity index is 1060. The van der Waals surface area contributed by atoms with E-state index in [0.717, 1.165) is 38.5 Å². The third kappa shape index (κ3) is 5.58. The van der Waals surface area contributed by atoms with Crippen LogP contribution in [0.4, 0.5) is 0 Å². The van der Waals surface area contributed by atoms with Gasteiger partial charge in [0.1, 0.15) is 0 Å². The molecule has 1 aromatic rings. The van der Waals surface area contributed by atoms with Gasteiger partial charge in [0.15, 0.2) is 22.8 Å². The maximum atomic E-state index is 13.2. The third-order valence-corrected chi connectivity index (χ3v) is 7.22. The maximum Gasteiger partial charge on any atom is 0.199 e. The summed E-state index contributed by atoms with van der Waals surface area (Å²) in [5, 5.41) is 0. The molecule has 3 rings (SSSR count). The van der Waals surface area contributed by atoms with E-state index in [9.17, 15) is 9.59 Å². The van der Waals surface area contributed by atoms with Crippen molar-refractivity contribution in [1.82, 2.24) is 0 Å². The molecule has 0 amide bonds. The molecule has 34 heavy (non-hydrogen) atoms. The van der Waals surface area contributed by atoms with Crippen LogP contribution in [0, 0.1) is 0 Å². The van der Waals surface area contributed by atoms with Crippen molar-refractivity contribution in [3.8, 4) is 0 Å². The van der Waals surface area contributed by atoms with Gasteiger partial charge in [-0.05, 0) is 80.1 Å².